The Hall–Kier alpha value is -1.52. The summed E-state index contributed by atoms with van der Waals surface area (Å²) >= 11 is 1.24. The molecule has 0 atom stereocenters. The van der Waals surface area contributed by atoms with E-state index in [0.29, 0.717) is 6.42 Å². The molecule has 0 unspecified atom stereocenters. The summed E-state index contributed by atoms with van der Waals surface area (Å²) in [5, 5.41) is 1.29. The Bertz CT molecular complexity index is 512. The normalized spacial score (nSPS) is 9.93. The standard InChI is InChI=1S/C13H10S/c1-3-7-10-11-8-5-6-9-13(11)14-12(10)4-2/h1,4-6,8-9H,2,7H2/p+1. The second kappa shape index (κ2) is 3.69. The molecule has 1 heteroatoms. The van der Waals surface area contributed by atoms with Crippen molar-refractivity contribution in [2.24, 2.45) is 0 Å². The fourth-order valence-corrected chi connectivity index (χ4v) is 2.79. The lowest BCUT2D eigenvalue weighted by Crippen LogP contribution is -1.80. The quantitative estimate of drug-likeness (QED) is 0.513. The molecule has 0 aliphatic carbocycles. The molecule has 1 aromatic carbocycles. The van der Waals surface area contributed by atoms with E-state index in [1.165, 1.54) is 31.9 Å². The maximum absolute atomic E-state index is 5.36. The summed E-state index contributed by atoms with van der Waals surface area (Å²) in [6, 6.07) is 8.39. The molecule has 68 valence electrons. The van der Waals surface area contributed by atoms with Crippen molar-refractivity contribution >= 4 is 27.5 Å². The van der Waals surface area contributed by atoms with Gasteiger partial charge in [0.2, 0.25) is 0 Å². The molecule has 0 bridgehead atoms. The lowest BCUT2D eigenvalue weighted by molar-refractivity contribution is 1.38. The van der Waals surface area contributed by atoms with Crippen LogP contribution in [-0.2, 0) is 6.42 Å². The molecule has 2 aromatic rings. The minimum atomic E-state index is 0.700. The first kappa shape index (κ1) is 9.05. The zero-order chi connectivity index (χ0) is 9.97. The first-order chi connectivity index (χ1) is 6.86. The van der Waals surface area contributed by atoms with Crippen LogP contribution < -0.4 is 0 Å². The van der Waals surface area contributed by atoms with E-state index in [1.54, 1.807) is 0 Å². The first-order valence-electron chi connectivity index (χ1n) is 4.47. The Morgan fingerprint density at radius 2 is 2.21 bits per heavy atom. The van der Waals surface area contributed by atoms with Crippen molar-refractivity contribution in [1.82, 2.24) is 0 Å². The van der Waals surface area contributed by atoms with Crippen LogP contribution in [0.25, 0.3) is 16.2 Å². The summed E-state index contributed by atoms with van der Waals surface area (Å²) in [5.74, 6) is 2.70. The molecule has 0 radical (unpaired) electrons. The molecule has 0 saturated carbocycles. The van der Waals surface area contributed by atoms with Crippen molar-refractivity contribution < 1.29 is 0 Å². The summed E-state index contributed by atoms with van der Waals surface area (Å²) in [4.78, 5) is 1.25. The van der Waals surface area contributed by atoms with Gasteiger partial charge in [-0.2, -0.15) is 0 Å². The lowest BCUT2D eigenvalue weighted by Gasteiger charge is -1.89. The monoisotopic (exact) mass is 199 g/mol. The van der Waals surface area contributed by atoms with E-state index in [4.69, 9.17) is 6.42 Å². The maximum Gasteiger partial charge on any atom is 0.179 e. The molecule has 0 aliphatic rings. The molecule has 0 fully saturated rings. The van der Waals surface area contributed by atoms with Crippen molar-refractivity contribution in [3.8, 4) is 12.3 Å². The van der Waals surface area contributed by atoms with Crippen molar-refractivity contribution in [1.29, 1.82) is 0 Å². The van der Waals surface area contributed by atoms with Crippen LogP contribution in [0.4, 0.5) is 0 Å². The second-order valence-corrected chi connectivity index (χ2v) is 4.26. The van der Waals surface area contributed by atoms with Gasteiger partial charge in [-0.25, -0.2) is 0 Å². The number of rotatable bonds is 2. The second-order valence-electron chi connectivity index (χ2n) is 3.08. The van der Waals surface area contributed by atoms with Gasteiger partial charge in [-0.05, 0) is 29.5 Å². The average Bonchev–Trinajstić information content (AvgIpc) is 2.58. The number of terminal acetylenes is 1. The Labute approximate surface area is 87.9 Å². The fourth-order valence-electron chi connectivity index (χ4n) is 1.62. The molecule has 0 spiro atoms. The molecular formula is C13H11S+. The number of thiophene rings is 1. The largest absolute Gasteiger partial charge is 0.179 e. The number of hydrogen-bond acceptors (Lipinski definition) is 0. The topological polar surface area (TPSA) is 0 Å². The zero-order valence-electron chi connectivity index (χ0n) is 7.83. The highest BCUT2D eigenvalue weighted by Gasteiger charge is 2.14. The van der Waals surface area contributed by atoms with Crippen LogP contribution in [0, 0.1) is 12.3 Å². The molecule has 0 amide bonds. The zero-order valence-corrected chi connectivity index (χ0v) is 8.72. The smallest absolute Gasteiger partial charge is 0.120 e. The highest BCUT2D eigenvalue weighted by Crippen LogP contribution is 2.32. The summed E-state index contributed by atoms with van der Waals surface area (Å²) in [6.45, 7) is 3.82. The molecule has 0 saturated heterocycles. The third-order valence-electron chi connectivity index (χ3n) is 2.25. The summed E-state index contributed by atoms with van der Waals surface area (Å²) in [5.41, 5.74) is 1.26. The molecule has 14 heavy (non-hydrogen) atoms. The molecule has 1 aromatic heterocycles. The Kier molecular flexibility index (Phi) is 2.39. The fraction of sp³-hybridized carbons (Fsp3) is 0.0769. The predicted molar refractivity (Wildman–Crippen MR) is 65.8 cm³/mol. The van der Waals surface area contributed by atoms with E-state index < -0.39 is 0 Å². The number of fused-ring (bicyclic) bond motifs is 1. The number of hydrogen-bond donors (Lipinski definition) is 0. The van der Waals surface area contributed by atoms with Gasteiger partial charge >= 0.3 is 0 Å². The van der Waals surface area contributed by atoms with Crippen LogP contribution >= 0.6 is 11.3 Å². The first-order valence-corrected chi connectivity index (χ1v) is 5.36. The van der Waals surface area contributed by atoms with Gasteiger partial charge in [-0.15, -0.1) is 12.3 Å². The van der Waals surface area contributed by atoms with Gasteiger partial charge in [0, 0.05) is 17.4 Å². The third kappa shape index (κ3) is 1.34. The molecule has 0 nitrogen and oxygen atoms in total. The molecule has 0 aliphatic heterocycles. The van der Waals surface area contributed by atoms with E-state index in [1.807, 2.05) is 6.08 Å². The van der Waals surface area contributed by atoms with Gasteiger partial charge in [-0.3, -0.25) is 0 Å². The van der Waals surface area contributed by atoms with Gasteiger partial charge in [0.15, 0.2) is 9.58 Å². The van der Waals surface area contributed by atoms with Crippen molar-refractivity contribution in [3.05, 3.63) is 41.3 Å². The Morgan fingerprint density at radius 3 is 2.93 bits per heavy atom. The summed E-state index contributed by atoms with van der Waals surface area (Å²) in [6.07, 6.45) is 7.97. The van der Waals surface area contributed by atoms with Crippen LogP contribution in [0.15, 0.2) is 30.8 Å². The van der Waals surface area contributed by atoms with E-state index in [9.17, 15) is 0 Å². The van der Waals surface area contributed by atoms with E-state index in [-0.39, 0.29) is 0 Å². The van der Waals surface area contributed by atoms with Crippen molar-refractivity contribution in [3.63, 3.8) is 0 Å². The molecule has 1 heterocycles. The van der Waals surface area contributed by atoms with Crippen molar-refractivity contribution in [2.45, 2.75) is 6.42 Å². The summed E-state index contributed by atoms with van der Waals surface area (Å²) in [7, 11) is 0. The Balaban J connectivity index is 2.75. The minimum absolute atomic E-state index is 0.700. The molecule has 2 rings (SSSR count). The predicted octanol–water partition coefficient (Wildman–Crippen LogP) is 3.45. The van der Waals surface area contributed by atoms with Gasteiger partial charge in [0.25, 0.3) is 0 Å². The van der Waals surface area contributed by atoms with E-state index in [0.717, 1.165) is 0 Å². The molecule has 0 N–H and O–H groups in total. The van der Waals surface area contributed by atoms with Gasteiger partial charge in [0.1, 0.15) is 0 Å². The van der Waals surface area contributed by atoms with Gasteiger partial charge in [-0.1, -0.05) is 18.7 Å². The van der Waals surface area contributed by atoms with Crippen LogP contribution in [0.2, 0.25) is 0 Å². The van der Waals surface area contributed by atoms with Gasteiger partial charge in [0.05, 0.1) is 0 Å². The Morgan fingerprint density at radius 1 is 1.43 bits per heavy atom. The van der Waals surface area contributed by atoms with Crippen LogP contribution in [0.3, 0.4) is 0 Å². The van der Waals surface area contributed by atoms with E-state index in [2.05, 4.69) is 36.8 Å². The molecular weight excluding hydrogens is 188 g/mol. The minimum Gasteiger partial charge on any atom is -0.120 e. The average molecular weight is 199 g/mol. The van der Waals surface area contributed by atoms with Gasteiger partial charge < -0.3 is 0 Å². The maximum atomic E-state index is 5.36. The van der Waals surface area contributed by atoms with Crippen molar-refractivity contribution in [2.75, 3.05) is 0 Å². The van der Waals surface area contributed by atoms with Crippen LogP contribution in [0.5, 0.6) is 0 Å². The summed E-state index contributed by atoms with van der Waals surface area (Å²) < 4.78 is 1.34. The van der Waals surface area contributed by atoms with Crippen LogP contribution in [-0.4, -0.2) is 0 Å². The third-order valence-corrected chi connectivity index (χ3v) is 3.58. The number of benzene rings is 1. The highest BCUT2D eigenvalue weighted by atomic mass is 32.1. The lowest BCUT2D eigenvalue weighted by atomic mass is 10.1. The van der Waals surface area contributed by atoms with E-state index >= 15 is 0 Å². The van der Waals surface area contributed by atoms with Crippen LogP contribution in [0.1, 0.15) is 10.4 Å². The highest BCUT2D eigenvalue weighted by molar-refractivity contribution is 7.20. The SMILES string of the molecule is C#CCc1c(C=C)[sH+]c2ccccc12.